The van der Waals surface area contributed by atoms with Crippen LogP contribution in [-0.2, 0) is 12.5 Å². The third kappa shape index (κ3) is 3.19. The quantitative estimate of drug-likeness (QED) is 0.661. The Kier molecular flexibility index (Phi) is 5.18. The van der Waals surface area contributed by atoms with Crippen LogP contribution in [0.5, 0.6) is 5.75 Å². The highest BCUT2D eigenvalue weighted by Crippen LogP contribution is 2.47. The number of nitrogens with zero attached hydrogens (tertiary/aromatic N) is 2. The molecular formula is C25H28FN3O3. The van der Waals surface area contributed by atoms with Crippen LogP contribution in [0.25, 0.3) is 10.9 Å². The Hall–Kier alpha value is -2.90. The number of aryl methyl sites for hydroxylation is 1. The van der Waals surface area contributed by atoms with Gasteiger partial charge in [0.1, 0.15) is 11.6 Å². The lowest BCUT2D eigenvalue weighted by molar-refractivity contribution is 0.0651. The van der Waals surface area contributed by atoms with Crippen LogP contribution in [0.4, 0.5) is 4.39 Å². The van der Waals surface area contributed by atoms with E-state index >= 15 is 0 Å². The van der Waals surface area contributed by atoms with Crippen LogP contribution in [0.15, 0.2) is 42.5 Å². The molecule has 2 aliphatic rings. The SMILES string of the molecule is COc1ccc2c3c(n(C)c2c1)[C@@H](CO)NCC31CCN(C(=O)c2ccc(F)cc2)CC1. The van der Waals surface area contributed by atoms with Crippen molar-refractivity contribution in [2.45, 2.75) is 24.3 Å². The molecule has 3 heterocycles. The Bertz CT molecular complexity index is 1160. The number of rotatable bonds is 3. The summed E-state index contributed by atoms with van der Waals surface area (Å²) in [6.45, 7) is 2.05. The summed E-state index contributed by atoms with van der Waals surface area (Å²) < 4.78 is 20.9. The van der Waals surface area contributed by atoms with Crippen LogP contribution >= 0.6 is 0 Å². The number of piperidine rings is 1. The first-order valence-electron chi connectivity index (χ1n) is 11.0. The van der Waals surface area contributed by atoms with Gasteiger partial charge in [0.05, 0.1) is 25.3 Å². The number of amides is 1. The molecule has 1 saturated heterocycles. The van der Waals surface area contributed by atoms with Crippen LogP contribution < -0.4 is 10.1 Å². The highest BCUT2D eigenvalue weighted by atomic mass is 19.1. The van der Waals surface area contributed by atoms with Crippen LogP contribution in [0.3, 0.4) is 0 Å². The minimum atomic E-state index is -0.342. The number of hydrogen-bond donors (Lipinski definition) is 2. The number of likely N-dealkylation sites (tertiary alicyclic amines) is 1. The highest BCUT2D eigenvalue weighted by molar-refractivity contribution is 5.94. The van der Waals surface area contributed by atoms with Gasteiger partial charge >= 0.3 is 0 Å². The predicted octanol–water partition coefficient (Wildman–Crippen LogP) is 3.14. The number of aromatic nitrogens is 1. The molecule has 1 aromatic heterocycles. The van der Waals surface area contributed by atoms with Crippen molar-refractivity contribution in [3.63, 3.8) is 0 Å². The second kappa shape index (κ2) is 7.90. The Morgan fingerprint density at radius 3 is 2.59 bits per heavy atom. The molecule has 32 heavy (non-hydrogen) atoms. The Labute approximate surface area is 186 Å². The van der Waals surface area contributed by atoms with Gasteiger partial charge in [-0.25, -0.2) is 4.39 Å². The molecule has 0 radical (unpaired) electrons. The number of fused-ring (bicyclic) bond motifs is 4. The van der Waals surface area contributed by atoms with Gasteiger partial charge in [0.25, 0.3) is 5.91 Å². The normalized spacial score (nSPS) is 19.9. The van der Waals surface area contributed by atoms with Gasteiger partial charge in [-0.15, -0.1) is 0 Å². The van der Waals surface area contributed by atoms with Crippen molar-refractivity contribution in [2.75, 3.05) is 33.4 Å². The van der Waals surface area contributed by atoms with E-state index in [1.165, 1.54) is 23.1 Å². The number of benzene rings is 2. The number of nitrogens with one attached hydrogen (secondary N) is 1. The predicted molar refractivity (Wildman–Crippen MR) is 121 cm³/mol. The maximum absolute atomic E-state index is 13.3. The van der Waals surface area contributed by atoms with E-state index in [9.17, 15) is 14.3 Å². The molecule has 6 nitrogen and oxygen atoms in total. The van der Waals surface area contributed by atoms with E-state index in [4.69, 9.17) is 4.74 Å². The molecule has 3 aromatic rings. The summed E-state index contributed by atoms with van der Waals surface area (Å²) in [6, 6.07) is 11.8. The topological polar surface area (TPSA) is 66.7 Å². The van der Waals surface area contributed by atoms with E-state index in [1.807, 2.05) is 24.1 Å². The lowest BCUT2D eigenvalue weighted by Crippen LogP contribution is -2.53. The number of carbonyl (C=O) groups excluding carboxylic acids is 1. The summed E-state index contributed by atoms with van der Waals surface area (Å²) in [7, 11) is 3.70. The standard InChI is InChI=1S/C25H28FN3O3/c1-28-21-13-18(32-2)7-8-19(21)22-23(28)20(14-30)27-15-25(22)9-11-29(12-10-25)24(31)16-3-5-17(26)6-4-16/h3-8,13,20,27,30H,9-12,14-15H2,1-2H3/t20-/m1/s1. The molecule has 1 amide bonds. The molecule has 0 aliphatic carbocycles. The van der Waals surface area contributed by atoms with E-state index in [2.05, 4.69) is 16.0 Å². The monoisotopic (exact) mass is 437 g/mol. The fourth-order valence-electron chi connectivity index (χ4n) is 5.52. The van der Waals surface area contributed by atoms with Crippen molar-refractivity contribution >= 4 is 16.8 Å². The summed E-state index contributed by atoms with van der Waals surface area (Å²) in [6.07, 6.45) is 1.65. The summed E-state index contributed by atoms with van der Waals surface area (Å²) in [5.41, 5.74) is 3.88. The molecule has 5 rings (SSSR count). The molecule has 1 spiro atoms. The molecule has 168 valence electrons. The number of ether oxygens (including phenoxy) is 1. The zero-order valence-corrected chi connectivity index (χ0v) is 18.4. The highest BCUT2D eigenvalue weighted by Gasteiger charge is 2.45. The second-order valence-electron chi connectivity index (χ2n) is 8.90. The first-order valence-corrected chi connectivity index (χ1v) is 11.0. The van der Waals surface area contributed by atoms with E-state index in [1.54, 1.807) is 19.2 Å². The molecule has 2 aliphatic heterocycles. The Balaban J connectivity index is 1.50. The molecule has 2 aromatic carbocycles. The fourth-order valence-corrected chi connectivity index (χ4v) is 5.52. The van der Waals surface area contributed by atoms with Crippen molar-refractivity contribution in [1.82, 2.24) is 14.8 Å². The van der Waals surface area contributed by atoms with Gasteiger partial charge in [0.2, 0.25) is 0 Å². The van der Waals surface area contributed by atoms with Crippen LogP contribution in [-0.4, -0.2) is 53.8 Å². The van der Waals surface area contributed by atoms with Crippen LogP contribution in [0, 0.1) is 5.82 Å². The van der Waals surface area contributed by atoms with Gasteiger partial charge in [-0.2, -0.15) is 0 Å². The number of halogens is 1. The molecule has 2 N–H and O–H groups in total. The number of aliphatic hydroxyl groups is 1. The van der Waals surface area contributed by atoms with Crippen molar-refractivity contribution in [3.05, 3.63) is 65.1 Å². The van der Waals surface area contributed by atoms with Gasteiger partial charge in [0.15, 0.2) is 0 Å². The lowest BCUT2D eigenvalue weighted by atomic mass is 9.69. The zero-order chi connectivity index (χ0) is 22.5. The van der Waals surface area contributed by atoms with Crippen molar-refractivity contribution < 1.29 is 19.0 Å². The summed E-state index contributed by atoms with van der Waals surface area (Å²) in [5.74, 6) is 0.406. The molecular weight excluding hydrogens is 409 g/mol. The third-order valence-electron chi connectivity index (χ3n) is 7.28. The number of aliphatic hydroxyl groups excluding tert-OH is 1. The maximum Gasteiger partial charge on any atom is 0.253 e. The van der Waals surface area contributed by atoms with E-state index in [0.717, 1.165) is 36.3 Å². The zero-order valence-electron chi connectivity index (χ0n) is 18.4. The van der Waals surface area contributed by atoms with Crippen LogP contribution in [0.1, 0.15) is 40.5 Å². The van der Waals surface area contributed by atoms with Crippen LogP contribution in [0.2, 0.25) is 0 Å². The Morgan fingerprint density at radius 2 is 1.94 bits per heavy atom. The van der Waals surface area contributed by atoms with E-state index in [-0.39, 0.29) is 29.8 Å². The molecule has 0 saturated carbocycles. The summed E-state index contributed by atoms with van der Waals surface area (Å²) >= 11 is 0. The largest absolute Gasteiger partial charge is 0.497 e. The van der Waals surface area contributed by atoms with Gasteiger partial charge in [-0.1, -0.05) is 0 Å². The third-order valence-corrected chi connectivity index (χ3v) is 7.28. The van der Waals surface area contributed by atoms with Gasteiger partial charge in [-0.05, 0) is 54.8 Å². The average molecular weight is 438 g/mol. The van der Waals surface area contributed by atoms with E-state index in [0.29, 0.717) is 18.7 Å². The van der Waals surface area contributed by atoms with Gasteiger partial charge < -0.3 is 24.6 Å². The molecule has 0 bridgehead atoms. The fraction of sp³-hybridized carbons (Fsp3) is 0.400. The first kappa shape index (κ1) is 21.0. The Morgan fingerprint density at radius 1 is 1.22 bits per heavy atom. The molecule has 0 unspecified atom stereocenters. The summed E-state index contributed by atoms with van der Waals surface area (Å²) in [4.78, 5) is 14.8. The minimum Gasteiger partial charge on any atom is -0.497 e. The maximum atomic E-state index is 13.3. The van der Waals surface area contributed by atoms with Crippen molar-refractivity contribution in [1.29, 1.82) is 0 Å². The van der Waals surface area contributed by atoms with Crippen molar-refractivity contribution in [2.24, 2.45) is 7.05 Å². The first-order chi connectivity index (χ1) is 15.5. The minimum absolute atomic E-state index is 0.0273. The molecule has 1 atom stereocenters. The van der Waals surface area contributed by atoms with Gasteiger partial charge in [0, 0.05) is 54.8 Å². The number of carbonyl (C=O) groups is 1. The molecule has 1 fully saturated rings. The molecule has 7 heteroatoms. The average Bonchev–Trinajstić information content (AvgIpc) is 3.13. The smallest absolute Gasteiger partial charge is 0.253 e. The summed E-state index contributed by atoms with van der Waals surface area (Å²) in [5, 5.41) is 14.8. The number of methoxy groups -OCH3 is 1. The van der Waals surface area contributed by atoms with Crippen molar-refractivity contribution in [3.8, 4) is 5.75 Å². The van der Waals surface area contributed by atoms with E-state index < -0.39 is 0 Å². The second-order valence-corrected chi connectivity index (χ2v) is 8.90. The van der Waals surface area contributed by atoms with Gasteiger partial charge in [-0.3, -0.25) is 4.79 Å². The number of hydrogen-bond acceptors (Lipinski definition) is 4. The lowest BCUT2D eigenvalue weighted by Gasteiger charge is -2.46.